The van der Waals surface area contributed by atoms with Crippen molar-refractivity contribution >= 4 is 22.4 Å². The molecular formula is C9H6ClNO. The lowest BCUT2D eigenvalue weighted by Crippen LogP contribution is -1.79. The van der Waals surface area contributed by atoms with Crippen LogP contribution in [0, 0.1) is 0 Å². The van der Waals surface area contributed by atoms with E-state index in [1.807, 2.05) is 24.3 Å². The first-order valence-corrected chi connectivity index (χ1v) is 3.89. The van der Waals surface area contributed by atoms with Crippen molar-refractivity contribution in [1.82, 2.24) is 4.98 Å². The van der Waals surface area contributed by atoms with Gasteiger partial charge in [-0.05, 0) is 5.39 Å². The third kappa shape index (κ3) is 1.10. The molecule has 2 nitrogen and oxygen atoms in total. The number of rotatable bonds is 0. The van der Waals surface area contributed by atoms with E-state index in [-0.39, 0.29) is 5.88 Å². The Kier molecular flexibility index (Phi) is 1.62. The Morgan fingerprint density at radius 3 is 2.83 bits per heavy atom. The molecule has 1 aromatic heterocycles. The fourth-order valence-corrected chi connectivity index (χ4v) is 1.40. The van der Waals surface area contributed by atoms with Gasteiger partial charge in [0.25, 0.3) is 0 Å². The molecular weight excluding hydrogens is 174 g/mol. The number of aromatic hydroxyl groups is 1. The number of benzene rings is 1. The van der Waals surface area contributed by atoms with Crippen molar-refractivity contribution in [2.24, 2.45) is 0 Å². The number of hydrogen-bond donors (Lipinski definition) is 1. The zero-order valence-electron chi connectivity index (χ0n) is 6.16. The number of nitrogens with zero attached hydrogens (tertiary/aromatic N) is 1. The number of aromatic nitrogens is 1. The number of fused-ring (bicyclic) bond motifs is 1. The number of hydrogen-bond acceptors (Lipinski definition) is 2. The van der Waals surface area contributed by atoms with Crippen LogP contribution < -0.4 is 0 Å². The van der Waals surface area contributed by atoms with Crippen LogP contribution in [0.3, 0.4) is 0 Å². The maximum absolute atomic E-state index is 9.12. The van der Waals surface area contributed by atoms with Gasteiger partial charge in [-0.2, -0.15) is 0 Å². The zero-order chi connectivity index (χ0) is 8.55. The number of pyridine rings is 1. The molecule has 0 aliphatic rings. The molecule has 0 aliphatic carbocycles. The van der Waals surface area contributed by atoms with Crippen LogP contribution in [0.1, 0.15) is 0 Å². The molecule has 0 atom stereocenters. The van der Waals surface area contributed by atoms with Crippen molar-refractivity contribution in [1.29, 1.82) is 0 Å². The summed E-state index contributed by atoms with van der Waals surface area (Å²) in [5.41, 5.74) is 0. The van der Waals surface area contributed by atoms with Crippen molar-refractivity contribution in [3.05, 3.63) is 35.5 Å². The maximum atomic E-state index is 9.12. The monoisotopic (exact) mass is 179 g/mol. The van der Waals surface area contributed by atoms with Crippen LogP contribution in [0.15, 0.2) is 30.3 Å². The topological polar surface area (TPSA) is 33.1 Å². The largest absolute Gasteiger partial charge is 0.493 e. The first-order chi connectivity index (χ1) is 5.77. The van der Waals surface area contributed by atoms with Gasteiger partial charge in [0, 0.05) is 11.5 Å². The molecule has 0 saturated heterocycles. The normalized spacial score (nSPS) is 10.4. The van der Waals surface area contributed by atoms with Gasteiger partial charge in [-0.1, -0.05) is 35.9 Å². The Labute approximate surface area is 74.4 Å². The Morgan fingerprint density at radius 1 is 1.25 bits per heavy atom. The summed E-state index contributed by atoms with van der Waals surface area (Å²) < 4.78 is 0. The Bertz CT molecular complexity index is 428. The average Bonchev–Trinajstić information content (AvgIpc) is 2.04. The van der Waals surface area contributed by atoms with Crippen LogP contribution in [0.5, 0.6) is 5.88 Å². The van der Waals surface area contributed by atoms with Gasteiger partial charge >= 0.3 is 0 Å². The molecule has 12 heavy (non-hydrogen) atoms. The molecule has 1 aromatic carbocycles. The lowest BCUT2D eigenvalue weighted by atomic mass is 10.2. The highest BCUT2D eigenvalue weighted by Gasteiger charge is 2.00. The molecule has 2 aromatic rings. The molecule has 0 amide bonds. The minimum absolute atomic E-state index is 0.0429. The van der Waals surface area contributed by atoms with E-state index in [9.17, 15) is 0 Å². The predicted molar refractivity (Wildman–Crippen MR) is 48.4 cm³/mol. The van der Waals surface area contributed by atoms with E-state index in [0.717, 1.165) is 10.8 Å². The summed E-state index contributed by atoms with van der Waals surface area (Å²) in [7, 11) is 0. The summed E-state index contributed by atoms with van der Waals surface area (Å²) in [6.07, 6.45) is 0. The summed E-state index contributed by atoms with van der Waals surface area (Å²) in [5, 5.41) is 11.2. The highest BCUT2D eigenvalue weighted by Crippen LogP contribution is 2.24. The minimum Gasteiger partial charge on any atom is -0.493 e. The summed E-state index contributed by atoms with van der Waals surface area (Å²) in [4.78, 5) is 3.72. The van der Waals surface area contributed by atoms with Crippen molar-refractivity contribution in [2.75, 3.05) is 0 Å². The molecule has 1 heterocycles. The predicted octanol–water partition coefficient (Wildman–Crippen LogP) is 2.59. The first-order valence-electron chi connectivity index (χ1n) is 3.51. The average molecular weight is 180 g/mol. The van der Waals surface area contributed by atoms with Gasteiger partial charge in [0.15, 0.2) is 0 Å². The standard InChI is InChI=1S/C9H6ClNO/c10-9-7-4-2-1-3-6(7)5-8(12)11-9/h1-5H,(H,11,12). The molecule has 0 saturated carbocycles. The van der Waals surface area contributed by atoms with Gasteiger partial charge in [0.2, 0.25) is 5.88 Å². The van der Waals surface area contributed by atoms with Crippen molar-refractivity contribution in [2.45, 2.75) is 0 Å². The first kappa shape index (κ1) is 7.37. The third-order valence-electron chi connectivity index (χ3n) is 1.68. The van der Waals surface area contributed by atoms with E-state index in [1.165, 1.54) is 0 Å². The Morgan fingerprint density at radius 2 is 2.00 bits per heavy atom. The Balaban J connectivity index is 2.89. The van der Waals surface area contributed by atoms with E-state index in [1.54, 1.807) is 6.07 Å². The molecule has 60 valence electrons. The SMILES string of the molecule is Oc1cc2ccccc2c(Cl)n1. The zero-order valence-corrected chi connectivity index (χ0v) is 6.92. The Hall–Kier alpha value is -1.28. The minimum atomic E-state index is -0.0429. The van der Waals surface area contributed by atoms with Crippen LogP contribution >= 0.6 is 11.6 Å². The smallest absolute Gasteiger partial charge is 0.212 e. The molecule has 0 fully saturated rings. The molecule has 0 radical (unpaired) electrons. The molecule has 0 unspecified atom stereocenters. The van der Waals surface area contributed by atoms with E-state index in [0.29, 0.717) is 5.15 Å². The summed E-state index contributed by atoms with van der Waals surface area (Å²) in [6.45, 7) is 0. The second-order valence-corrected chi connectivity index (χ2v) is 2.85. The fraction of sp³-hybridized carbons (Fsp3) is 0. The van der Waals surface area contributed by atoms with Crippen molar-refractivity contribution < 1.29 is 5.11 Å². The third-order valence-corrected chi connectivity index (χ3v) is 1.97. The van der Waals surface area contributed by atoms with E-state index in [4.69, 9.17) is 16.7 Å². The van der Waals surface area contributed by atoms with Gasteiger partial charge in [-0.15, -0.1) is 0 Å². The summed E-state index contributed by atoms with van der Waals surface area (Å²) >= 11 is 5.79. The maximum Gasteiger partial charge on any atom is 0.212 e. The molecule has 0 spiro atoms. The summed E-state index contributed by atoms with van der Waals surface area (Å²) in [5.74, 6) is -0.0429. The lowest BCUT2D eigenvalue weighted by Gasteiger charge is -1.99. The van der Waals surface area contributed by atoms with Crippen molar-refractivity contribution in [3.8, 4) is 5.88 Å². The molecule has 1 N–H and O–H groups in total. The van der Waals surface area contributed by atoms with Gasteiger partial charge < -0.3 is 5.11 Å². The molecule has 3 heteroatoms. The summed E-state index contributed by atoms with van der Waals surface area (Å²) in [6, 6.07) is 9.10. The molecule has 0 bridgehead atoms. The van der Waals surface area contributed by atoms with E-state index >= 15 is 0 Å². The van der Waals surface area contributed by atoms with E-state index < -0.39 is 0 Å². The van der Waals surface area contributed by atoms with Gasteiger partial charge in [0.05, 0.1) is 0 Å². The highest BCUT2D eigenvalue weighted by atomic mass is 35.5. The van der Waals surface area contributed by atoms with Gasteiger partial charge in [-0.3, -0.25) is 0 Å². The highest BCUT2D eigenvalue weighted by molar-refractivity contribution is 6.34. The van der Waals surface area contributed by atoms with Gasteiger partial charge in [-0.25, -0.2) is 4.98 Å². The second kappa shape index (κ2) is 2.64. The van der Waals surface area contributed by atoms with Crippen LogP contribution in [-0.2, 0) is 0 Å². The fourth-order valence-electron chi connectivity index (χ4n) is 1.14. The number of halogens is 1. The van der Waals surface area contributed by atoms with E-state index in [2.05, 4.69) is 4.98 Å². The van der Waals surface area contributed by atoms with Gasteiger partial charge in [0.1, 0.15) is 5.15 Å². The van der Waals surface area contributed by atoms with Crippen LogP contribution in [0.25, 0.3) is 10.8 Å². The molecule has 2 rings (SSSR count). The van der Waals surface area contributed by atoms with Crippen molar-refractivity contribution in [3.63, 3.8) is 0 Å². The second-order valence-electron chi connectivity index (χ2n) is 2.49. The molecule has 0 aliphatic heterocycles. The van der Waals surface area contributed by atoms with Crippen LogP contribution in [0.2, 0.25) is 5.15 Å². The van der Waals surface area contributed by atoms with Crippen LogP contribution in [-0.4, -0.2) is 10.1 Å². The quantitative estimate of drug-likeness (QED) is 0.631. The lowest BCUT2D eigenvalue weighted by molar-refractivity contribution is 0.455. The van der Waals surface area contributed by atoms with Crippen LogP contribution in [0.4, 0.5) is 0 Å².